The Kier molecular flexibility index (Phi) is 11.3. The van der Waals surface area contributed by atoms with Crippen molar-refractivity contribution in [2.24, 2.45) is 0 Å². The molecule has 0 radical (unpaired) electrons. The molecule has 0 spiro atoms. The van der Waals surface area contributed by atoms with Crippen molar-refractivity contribution in [2.75, 3.05) is 39.6 Å². The Morgan fingerprint density at radius 1 is 0.897 bits per heavy atom. The fraction of sp³-hybridized carbons (Fsp3) is 0.500. The minimum atomic E-state index is -1.03. The first-order chi connectivity index (χ1) is 18.7. The topological polar surface area (TPSA) is 112 Å². The normalized spacial score (nSPS) is 13.2. The molecule has 0 heterocycles. The number of alkyl carbamates (subject to hydrolysis) is 1. The van der Waals surface area contributed by atoms with Crippen LogP contribution in [0.25, 0.3) is 11.1 Å². The number of esters is 1. The summed E-state index contributed by atoms with van der Waals surface area (Å²) >= 11 is 0. The summed E-state index contributed by atoms with van der Waals surface area (Å²) in [5.41, 5.74) is 3.68. The molecular weight excluding hydrogens is 500 g/mol. The molecule has 3 rings (SSSR count). The summed E-state index contributed by atoms with van der Waals surface area (Å²) in [6.07, 6.45) is -0.654. The number of hydrogen-bond donors (Lipinski definition) is 2. The van der Waals surface area contributed by atoms with Crippen molar-refractivity contribution >= 4 is 18.0 Å². The zero-order valence-corrected chi connectivity index (χ0v) is 23.3. The second-order valence-electron chi connectivity index (χ2n) is 10.3. The maximum atomic E-state index is 12.8. The van der Waals surface area contributed by atoms with Crippen molar-refractivity contribution in [1.29, 1.82) is 0 Å². The third-order valence-corrected chi connectivity index (χ3v) is 6.13. The lowest BCUT2D eigenvalue weighted by atomic mass is 9.98. The van der Waals surface area contributed by atoms with Crippen LogP contribution in [0, 0.1) is 0 Å². The van der Waals surface area contributed by atoms with E-state index in [0.717, 1.165) is 22.3 Å². The van der Waals surface area contributed by atoms with Gasteiger partial charge in [0.05, 0.1) is 19.8 Å². The Bertz CT molecular complexity index is 1070. The zero-order chi connectivity index (χ0) is 28.3. The van der Waals surface area contributed by atoms with Crippen molar-refractivity contribution in [1.82, 2.24) is 10.6 Å². The number of fused-ring (bicyclic) bond motifs is 3. The van der Waals surface area contributed by atoms with E-state index in [1.165, 1.54) is 0 Å². The number of nitrogens with one attached hydrogen (secondary N) is 2. The molecule has 2 aromatic carbocycles. The first-order valence-electron chi connectivity index (χ1n) is 13.5. The van der Waals surface area contributed by atoms with Gasteiger partial charge in [0.2, 0.25) is 5.91 Å². The summed E-state index contributed by atoms with van der Waals surface area (Å²) < 4.78 is 21.6. The lowest BCUT2D eigenvalue weighted by Gasteiger charge is -2.24. The van der Waals surface area contributed by atoms with E-state index in [-0.39, 0.29) is 31.3 Å². The van der Waals surface area contributed by atoms with Crippen LogP contribution in [0.15, 0.2) is 48.5 Å². The van der Waals surface area contributed by atoms with Crippen LogP contribution in [0.3, 0.4) is 0 Å². The molecule has 1 unspecified atom stereocenters. The summed E-state index contributed by atoms with van der Waals surface area (Å²) in [5, 5.41) is 5.36. The van der Waals surface area contributed by atoms with Crippen molar-refractivity contribution < 1.29 is 33.3 Å². The molecule has 0 fully saturated rings. The van der Waals surface area contributed by atoms with Crippen LogP contribution >= 0.6 is 0 Å². The van der Waals surface area contributed by atoms with Crippen LogP contribution in [0.5, 0.6) is 0 Å². The van der Waals surface area contributed by atoms with E-state index in [0.29, 0.717) is 33.0 Å². The average Bonchev–Trinajstić information content (AvgIpc) is 3.22. The second kappa shape index (κ2) is 14.6. The van der Waals surface area contributed by atoms with Gasteiger partial charge in [-0.1, -0.05) is 48.5 Å². The van der Waals surface area contributed by atoms with Gasteiger partial charge in [-0.25, -0.2) is 9.59 Å². The highest BCUT2D eigenvalue weighted by atomic mass is 16.6. The van der Waals surface area contributed by atoms with Crippen LogP contribution in [0.4, 0.5) is 4.79 Å². The van der Waals surface area contributed by atoms with Gasteiger partial charge in [-0.3, -0.25) is 4.79 Å². The molecule has 1 aliphatic rings. The van der Waals surface area contributed by atoms with Crippen molar-refractivity contribution in [3.05, 3.63) is 59.7 Å². The molecule has 2 amide bonds. The number of carbonyl (C=O) groups excluding carboxylic acids is 3. The second-order valence-corrected chi connectivity index (χ2v) is 10.3. The molecule has 39 heavy (non-hydrogen) atoms. The number of amides is 2. The largest absolute Gasteiger partial charge is 0.458 e. The molecule has 2 N–H and O–H groups in total. The fourth-order valence-electron chi connectivity index (χ4n) is 4.39. The first-order valence-corrected chi connectivity index (χ1v) is 13.5. The highest BCUT2D eigenvalue weighted by Gasteiger charge is 2.31. The Morgan fingerprint density at radius 3 is 2.13 bits per heavy atom. The van der Waals surface area contributed by atoms with Gasteiger partial charge in [0.1, 0.15) is 18.2 Å². The number of carbonyl (C=O) groups is 3. The molecule has 0 aliphatic heterocycles. The highest BCUT2D eigenvalue weighted by molar-refractivity contribution is 5.83. The van der Waals surface area contributed by atoms with E-state index < -0.39 is 23.7 Å². The van der Waals surface area contributed by atoms with Gasteiger partial charge in [0.15, 0.2) is 0 Å². The Labute approximate surface area is 230 Å². The lowest BCUT2D eigenvalue weighted by molar-refractivity contribution is -0.157. The third-order valence-electron chi connectivity index (χ3n) is 6.13. The summed E-state index contributed by atoms with van der Waals surface area (Å²) in [7, 11) is 0. The van der Waals surface area contributed by atoms with Crippen molar-refractivity contribution in [3.8, 4) is 11.1 Å². The summed E-state index contributed by atoms with van der Waals surface area (Å²) in [6.45, 7) is 9.53. The Balaban J connectivity index is 1.53. The molecule has 1 atom stereocenters. The van der Waals surface area contributed by atoms with E-state index in [9.17, 15) is 14.4 Å². The van der Waals surface area contributed by atoms with Crippen molar-refractivity contribution in [2.45, 2.75) is 58.1 Å². The summed E-state index contributed by atoms with van der Waals surface area (Å²) in [5.74, 6) is -0.987. The Morgan fingerprint density at radius 2 is 1.51 bits per heavy atom. The highest BCUT2D eigenvalue weighted by Crippen LogP contribution is 2.44. The molecule has 9 heteroatoms. The fourth-order valence-corrected chi connectivity index (χ4v) is 4.39. The average molecular weight is 541 g/mol. The Hall–Kier alpha value is -3.43. The quantitative estimate of drug-likeness (QED) is 0.273. The van der Waals surface area contributed by atoms with Gasteiger partial charge >= 0.3 is 12.1 Å². The molecule has 0 bridgehead atoms. The molecule has 1 aliphatic carbocycles. The van der Waals surface area contributed by atoms with Crippen LogP contribution in [0.2, 0.25) is 0 Å². The summed E-state index contributed by atoms with van der Waals surface area (Å²) in [4.78, 5) is 37.9. The molecular formula is C30H40N2O7. The minimum absolute atomic E-state index is 0.0203. The van der Waals surface area contributed by atoms with Gasteiger partial charge in [-0.2, -0.15) is 0 Å². The van der Waals surface area contributed by atoms with Crippen LogP contribution in [-0.2, 0) is 28.5 Å². The van der Waals surface area contributed by atoms with E-state index >= 15 is 0 Å². The number of ether oxygens (including phenoxy) is 4. The third kappa shape index (κ3) is 9.37. The predicted molar refractivity (Wildman–Crippen MR) is 147 cm³/mol. The van der Waals surface area contributed by atoms with E-state index in [1.807, 2.05) is 43.3 Å². The van der Waals surface area contributed by atoms with E-state index in [4.69, 9.17) is 18.9 Å². The smallest absolute Gasteiger partial charge is 0.407 e. The van der Waals surface area contributed by atoms with Gasteiger partial charge in [0, 0.05) is 25.5 Å². The monoisotopic (exact) mass is 540 g/mol. The molecule has 0 saturated carbocycles. The van der Waals surface area contributed by atoms with Crippen LogP contribution < -0.4 is 10.6 Å². The SMILES string of the molecule is CCOCCOCCNC(=O)CCC(NC(=O)OCC1c2ccccc2-c2ccccc21)C(=O)OC(C)(C)C. The van der Waals surface area contributed by atoms with E-state index in [2.05, 4.69) is 22.8 Å². The molecule has 9 nitrogen and oxygen atoms in total. The van der Waals surface area contributed by atoms with Crippen LogP contribution in [0.1, 0.15) is 57.6 Å². The molecule has 212 valence electrons. The first kappa shape index (κ1) is 30.1. The molecule has 0 saturated heterocycles. The van der Waals surface area contributed by atoms with E-state index in [1.54, 1.807) is 20.8 Å². The number of rotatable bonds is 14. The van der Waals surface area contributed by atoms with Gasteiger partial charge in [-0.15, -0.1) is 0 Å². The maximum absolute atomic E-state index is 12.8. The lowest BCUT2D eigenvalue weighted by Crippen LogP contribution is -2.45. The number of benzene rings is 2. The molecule has 0 aromatic heterocycles. The van der Waals surface area contributed by atoms with Gasteiger partial charge in [-0.05, 0) is 56.4 Å². The molecule has 2 aromatic rings. The number of hydrogen-bond acceptors (Lipinski definition) is 7. The van der Waals surface area contributed by atoms with Gasteiger partial charge in [0.25, 0.3) is 0 Å². The predicted octanol–water partition coefficient (Wildman–Crippen LogP) is 4.18. The van der Waals surface area contributed by atoms with Crippen LogP contribution in [-0.4, -0.2) is 69.2 Å². The van der Waals surface area contributed by atoms with Gasteiger partial charge < -0.3 is 29.6 Å². The zero-order valence-electron chi connectivity index (χ0n) is 23.3. The minimum Gasteiger partial charge on any atom is -0.458 e. The maximum Gasteiger partial charge on any atom is 0.407 e. The van der Waals surface area contributed by atoms with Crippen molar-refractivity contribution in [3.63, 3.8) is 0 Å². The summed E-state index contributed by atoms with van der Waals surface area (Å²) in [6, 6.07) is 15.1. The standard InChI is InChI=1S/C30H40N2O7/c1-5-36-18-19-37-17-16-31-27(33)15-14-26(28(34)39-30(2,3)4)32-29(35)38-20-25-23-12-8-6-10-21(23)22-11-7-9-13-24(22)25/h6-13,25-26H,5,14-20H2,1-4H3,(H,31,33)(H,32,35).